The van der Waals surface area contributed by atoms with E-state index in [-0.39, 0.29) is 11.8 Å². The van der Waals surface area contributed by atoms with E-state index >= 15 is 0 Å². The summed E-state index contributed by atoms with van der Waals surface area (Å²) in [6.07, 6.45) is 0. The summed E-state index contributed by atoms with van der Waals surface area (Å²) in [5, 5.41) is 5.68. The molecule has 0 fully saturated rings. The number of ether oxygens (including phenoxy) is 1. The second-order valence-corrected chi connectivity index (χ2v) is 6.56. The summed E-state index contributed by atoms with van der Waals surface area (Å²) in [6.45, 7) is 3.92. The zero-order valence-corrected chi connectivity index (χ0v) is 16.1. The number of aryl methyl sites for hydroxylation is 2. The van der Waals surface area contributed by atoms with Crippen molar-refractivity contribution in [3.63, 3.8) is 0 Å². The Labute approximate surface area is 164 Å². The third-order valence-electron chi connectivity index (χ3n) is 4.30. The van der Waals surface area contributed by atoms with E-state index in [1.54, 1.807) is 37.4 Å². The number of hydrogen-bond donors (Lipinski definition) is 2. The van der Waals surface area contributed by atoms with Crippen LogP contribution >= 0.6 is 0 Å². The quantitative estimate of drug-likeness (QED) is 0.673. The third kappa shape index (κ3) is 4.57. The topological polar surface area (TPSA) is 67.4 Å². The molecule has 0 aliphatic rings. The first-order chi connectivity index (χ1) is 13.5. The predicted molar refractivity (Wildman–Crippen MR) is 111 cm³/mol. The number of methoxy groups -OCH3 is 1. The van der Waals surface area contributed by atoms with Gasteiger partial charge in [0, 0.05) is 16.8 Å². The molecule has 0 bridgehead atoms. The molecule has 0 radical (unpaired) electrons. The van der Waals surface area contributed by atoms with Gasteiger partial charge in [-0.3, -0.25) is 9.59 Å². The Morgan fingerprint density at radius 1 is 0.750 bits per heavy atom. The zero-order chi connectivity index (χ0) is 20.1. The number of hydrogen-bond acceptors (Lipinski definition) is 3. The van der Waals surface area contributed by atoms with Gasteiger partial charge in [0.15, 0.2) is 0 Å². The van der Waals surface area contributed by atoms with Crippen molar-refractivity contribution in [1.82, 2.24) is 0 Å². The molecule has 3 rings (SSSR count). The smallest absolute Gasteiger partial charge is 0.255 e. The molecule has 5 nitrogen and oxygen atoms in total. The minimum atomic E-state index is -0.311. The van der Waals surface area contributed by atoms with Crippen LogP contribution in [0.25, 0.3) is 0 Å². The Balaban J connectivity index is 1.77. The van der Waals surface area contributed by atoms with Crippen LogP contribution in [0.2, 0.25) is 0 Å². The van der Waals surface area contributed by atoms with Gasteiger partial charge < -0.3 is 15.4 Å². The highest BCUT2D eigenvalue weighted by molar-refractivity contribution is 6.09. The van der Waals surface area contributed by atoms with Gasteiger partial charge in [0.05, 0.1) is 12.8 Å². The van der Waals surface area contributed by atoms with Gasteiger partial charge in [-0.25, -0.2) is 0 Å². The standard InChI is InChI=1S/C23H22N2O3/c1-15-7-10-19(11-8-15)24-22(26)17-5-4-6-18(14-17)23(27)25-20-13-16(2)9-12-21(20)28-3/h4-14H,1-3H3,(H,24,26)(H,25,27). The number of carbonyl (C=O) groups excluding carboxylic acids is 2. The van der Waals surface area contributed by atoms with Crippen LogP contribution in [0.1, 0.15) is 31.8 Å². The molecule has 28 heavy (non-hydrogen) atoms. The molecule has 0 aromatic heterocycles. The third-order valence-corrected chi connectivity index (χ3v) is 4.30. The molecular weight excluding hydrogens is 352 g/mol. The van der Waals surface area contributed by atoms with E-state index in [9.17, 15) is 9.59 Å². The fourth-order valence-corrected chi connectivity index (χ4v) is 2.76. The number of anilines is 2. The van der Waals surface area contributed by atoms with Gasteiger partial charge in [-0.1, -0.05) is 29.8 Å². The summed E-state index contributed by atoms with van der Waals surface area (Å²) < 4.78 is 5.29. The molecule has 0 atom stereocenters. The fraction of sp³-hybridized carbons (Fsp3) is 0.130. The van der Waals surface area contributed by atoms with Crippen molar-refractivity contribution in [1.29, 1.82) is 0 Å². The van der Waals surface area contributed by atoms with E-state index in [1.165, 1.54) is 0 Å². The monoisotopic (exact) mass is 374 g/mol. The molecule has 142 valence electrons. The second-order valence-electron chi connectivity index (χ2n) is 6.56. The van der Waals surface area contributed by atoms with Crippen molar-refractivity contribution in [2.24, 2.45) is 0 Å². The Bertz CT molecular complexity index is 1010. The number of benzene rings is 3. The van der Waals surface area contributed by atoms with Gasteiger partial charge in [0.25, 0.3) is 11.8 Å². The van der Waals surface area contributed by atoms with Crippen LogP contribution in [0.3, 0.4) is 0 Å². The molecule has 0 heterocycles. The van der Waals surface area contributed by atoms with Crippen LogP contribution in [0, 0.1) is 13.8 Å². The lowest BCUT2D eigenvalue weighted by Crippen LogP contribution is -2.16. The minimum Gasteiger partial charge on any atom is -0.495 e. The molecule has 2 N–H and O–H groups in total. The maximum atomic E-state index is 12.7. The Morgan fingerprint density at radius 2 is 1.36 bits per heavy atom. The number of rotatable bonds is 5. The van der Waals surface area contributed by atoms with Crippen LogP contribution in [0.5, 0.6) is 5.75 Å². The average Bonchev–Trinajstić information content (AvgIpc) is 2.70. The normalized spacial score (nSPS) is 10.2. The summed E-state index contributed by atoms with van der Waals surface area (Å²) in [5.41, 5.74) is 4.20. The number of carbonyl (C=O) groups is 2. The molecule has 0 saturated carbocycles. The van der Waals surface area contributed by atoms with E-state index in [0.717, 1.165) is 11.1 Å². The maximum absolute atomic E-state index is 12.7. The van der Waals surface area contributed by atoms with E-state index in [4.69, 9.17) is 4.74 Å². The second kappa shape index (κ2) is 8.39. The van der Waals surface area contributed by atoms with E-state index in [0.29, 0.717) is 28.3 Å². The van der Waals surface area contributed by atoms with Crippen molar-refractivity contribution in [2.45, 2.75) is 13.8 Å². The average molecular weight is 374 g/mol. The van der Waals surface area contributed by atoms with Gasteiger partial charge >= 0.3 is 0 Å². The highest BCUT2D eigenvalue weighted by atomic mass is 16.5. The van der Waals surface area contributed by atoms with E-state index in [2.05, 4.69) is 10.6 Å². The summed E-state index contributed by atoms with van der Waals surface area (Å²) >= 11 is 0. The van der Waals surface area contributed by atoms with Crippen molar-refractivity contribution in [3.8, 4) is 5.75 Å². The SMILES string of the molecule is COc1ccc(C)cc1NC(=O)c1cccc(C(=O)Nc2ccc(C)cc2)c1. The molecule has 0 saturated heterocycles. The van der Waals surface area contributed by atoms with Crippen molar-refractivity contribution < 1.29 is 14.3 Å². The molecular formula is C23H22N2O3. The molecule has 0 aliphatic carbocycles. The summed E-state index contributed by atoms with van der Waals surface area (Å²) in [7, 11) is 1.55. The first kappa shape index (κ1) is 19.2. The Hall–Kier alpha value is -3.60. The highest BCUT2D eigenvalue weighted by Crippen LogP contribution is 2.26. The molecule has 2 amide bonds. The molecule has 0 unspecified atom stereocenters. The lowest BCUT2D eigenvalue weighted by molar-refractivity contribution is 0.102. The lowest BCUT2D eigenvalue weighted by atomic mass is 10.1. The number of amides is 2. The Morgan fingerprint density at radius 3 is 2.00 bits per heavy atom. The first-order valence-electron chi connectivity index (χ1n) is 8.90. The molecule has 0 aliphatic heterocycles. The molecule has 0 spiro atoms. The van der Waals surface area contributed by atoms with Crippen LogP contribution in [-0.4, -0.2) is 18.9 Å². The van der Waals surface area contributed by atoms with Gasteiger partial charge in [-0.2, -0.15) is 0 Å². The van der Waals surface area contributed by atoms with Gasteiger partial charge in [0.1, 0.15) is 5.75 Å². The van der Waals surface area contributed by atoms with Gasteiger partial charge in [-0.05, 0) is 61.9 Å². The number of nitrogens with one attached hydrogen (secondary N) is 2. The lowest BCUT2D eigenvalue weighted by Gasteiger charge is -2.12. The van der Waals surface area contributed by atoms with Crippen LogP contribution in [-0.2, 0) is 0 Å². The summed E-state index contributed by atoms with van der Waals surface area (Å²) in [4.78, 5) is 25.2. The maximum Gasteiger partial charge on any atom is 0.255 e. The molecule has 5 heteroatoms. The molecule has 3 aromatic carbocycles. The predicted octanol–water partition coefficient (Wildman–Crippen LogP) is 4.82. The highest BCUT2D eigenvalue weighted by Gasteiger charge is 2.13. The Kier molecular flexibility index (Phi) is 5.75. The minimum absolute atomic E-state index is 0.272. The van der Waals surface area contributed by atoms with Crippen molar-refractivity contribution in [2.75, 3.05) is 17.7 Å². The first-order valence-corrected chi connectivity index (χ1v) is 8.90. The van der Waals surface area contributed by atoms with Gasteiger partial charge in [0.2, 0.25) is 0 Å². The summed E-state index contributed by atoms with van der Waals surface area (Å²) in [5.74, 6) is -0.00672. The van der Waals surface area contributed by atoms with Crippen molar-refractivity contribution >= 4 is 23.2 Å². The van der Waals surface area contributed by atoms with E-state index < -0.39 is 0 Å². The fourth-order valence-electron chi connectivity index (χ4n) is 2.76. The van der Waals surface area contributed by atoms with Crippen molar-refractivity contribution in [3.05, 3.63) is 89.0 Å². The van der Waals surface area contributed by atoms with Crippen LogP contribution in [0.15, 0.2) is 66.7 Å². The van der Waals surface area contributed by atoms with E-state index in [1.807, 2.05) is 50.2 Å². The summed E-state index contributed by atoms with van der Waals surface area (Å²) in [6, 6.07) is 19.7. The molecule has 3 aromatic rings. The van der Waals surface area contributed by atoms with Gasteiger partial charge in [-0.15, -0.1) is 0 Å². The zero-order valence-electron chi connectivity index (χ0n) is 16.1. The van der Waals surface area contributed by atoms with Crippen LogP contribution in [0.4, 0.5) is 11.4 Å². The largest absolute Gasteiger partial charge is 0.495 e. The van der Waals surface area contributed by atoms with Crippen LogP contribution < -0.4 is 15.4 Å².